The zero-order valence-corrected chi connectivity index (χ0v) is 16.7. The number of hydrogen-bond donors (Lipinski definition) is 4. The van der Waals surface area contributed by atoms with Gasteiger partial charge in [0.15, 0.2) is 11.5 Å². The van der Waals surface area contributed by atoms with Crippen LogP contribution in [0.25, 0.3) is 0 Å². The summed E-state index contributed by atoms with van der Waals surface area (Å²) in [6.45, 7) is 1.74. The predicted molar refractivity (Wildman–Crippen MR) is 104 cm³/mol. The minimum Gasteiger partial charge on any atom is -0.493 e. The van der Waals surface area contributed by atoms with Gasteiger partial charge in [-0.15, -0.1) is 0 Å². The van der Waals surface area contributed by atoms with Crippen molar-refractivity contribution in [3.05, 3.63) is 23.8 Å². The molecule has 1 saturated carbocycles. The zero-order chi connectivity index (χ0) is 20.7. The van der Waals surface area contributed by atoms with Crippen molar-refractivity contribution in [3.63, 3.8) is 0 Å². The number of nitrogens with one attached hydrogen (secondary N) is 2. The fraction of sp³-hybridized carbons (Fsp3) is 0.600. The number of amides is 2. The fourth-order valence-electron chi connectivity index (χ4n) is 3.48. The van der Waals surface area contributed by atoms with E-state index in [-0.39, 0.29) is 24.5 Å². The van der Waals surface area contributed by atoms with E-state index in [2.05, 4.69) is 10.6 Å². The molecule has 0 saturated heterocycles. The largest absolute Gasteiger partial charge is 0.493 e. The molecule has 8 heteroatoms. The third-order valence-electron chi connectivity index (χ3n) is 5.07. The molecule has 0 spiro atoms. The Bertz CT molecular complexity index is 683. The van der Waals surface area contributed by atoms with E-state index >= 15 is 0 Å². The van der Waals surface area contributed by atoms with Gasteiger partial charge in [0, 0.05) is 19.0 Å². The molecule has 0 aliphatic heterocycles. The van der Waals surface area contributed by atoms with Gasteiger partial charge in [0.1, 0.15) is 0 Å². The molecule has 0 bridgehead atoms. The molecule has 1 aromatic rings. The van der Waals surface area contributed by atoms with Gasteiger partial charge in [0.2, 0.25) is 0 Å². The highest BCUT2D eigenvalue weighted by molar-refractivity contribution is 5.74. The lowest BCUT2D eigenvalue weighted by molar-refractivity contribution is -0.142. The summed E-state index contributed by atoms with van der Waals surface area (Å²) < 4.78 is 10.5. The van der Waals surface area contributed by atoms with Crippen molar-refractivity contribution in [2.75, 3.05) is 20.8 Å². The first-order chi connectivity index (χ1) is 13.2. The van der Waals surface area contributed by atoms with Crippen LogP contribution in [-0.4, -0.2) is 54.6 Å². The quantitative estimate of drug-likeness (QED) is 0.535. The van der Waals surface area contributed by atoms with Crippen molar-refractivity contribution < 1.29 is 29.3 Å². The summed E-state index contributed by atoms with van der Waals surface area (Å²) in [6.07, 6.45) is 2.75. The minimum absolute atomic E-state index is 0.0357. The number of urea groups is 1. The van der Waals surface area contributed by atoms with E-state index in [1.165, 1.54) is 0 Å². The van der Waals surface area contributed by atoms with E-state index in [1.807, 2.05) is 6.07 Å². The van der Waals surface area contributed by atoms with Gasteiger partial charge in [-0.1, -0.05) is 6.07 Å². The topological polar surface area (TPSA) is 117 Å². The lowest BCUT2D eigenvalue weighted by Gasteiger charge is -2.28. The number of carbonyl (C=O) groups is 2. The molecule has 156 valence electrons. The Balaban J connectivity index is 1.81. The maximum Gasteiger partial charge on any atom is 0.315 e. The van der Waals surface area contributed by atoms with Crippen LogP contribution in [0.3, 0.4) is 0 Å². The molecule has 0 heterocycles. The number of carboxylic acids is 1. The maximum absolute atomic E-state index is 12.1. The second kappa shape index (κ2) is 9.64. The summed E-state index contributed by atoms with van der Waals surface area (Å²) >= 11 is 0. The Morgan fingerprint density at radius 1 is 1.14 bits per heavy atom. The summed E-state index contributed by atoms with van der Waals surface area (Å²) in [5.74, 6) is 0.108. The van der Waals surface area contributed by atoms with Crippen LogP contribution in [0.15, 0.2) is 18.2 Å². The summed E-state index contributed by atoms with van der Waals surface area (Å²) in [4.78, 5) is 23.1. The van der Waals surface area contributed by atoms with E-state index in [1.54, 1.807) is 33.3 Å². The van der Waals surface area contributed by atoms with E-state index in [0.717, 1.165) is 5.56 Å². The number of rotatable bonds is 8. The summed E-state index contributed by atoms with van der Waals surface area (Å²) in [7, 11) is 3.11. The molecule has 1 atom stereocenters. The Kier molecular flexibility index (Phi) is 7.51. The average Bonchev–Trinajstić information content (AvgIpc) is 2.66. The number of carbonyl (C=O) groups excluding carboxylic acids is 1. The molecule has 1 unspecified atom stereocenters. The van der Waals surface area contributed by atoms with Gasteiger partial charge >= 0.3 is 12.0 Å². The maximum atomic E-state index is 12.1. The third kappa shape index (κ3) is 6.30. The number of aliphatic hydroxyl groups is 1. The number of ether oxygens (including phenoxy) is 2. The van der Waals surface area contributed by atoms with Crippen molar-refractivity contribution >= 4 is 12.0 Å². The molecule has 28 heavy (non-hydrogen) atoms. The zero-order valence-electron chi connectivity index (χ0n) is 16.7. The van der Waals surface area contributed by atoms with E-state index in [4.69, 9.17) is 14.6 Å². The highest BCUT2D eigenvalue weighted by Gasteiger charge is 2.27. The molecule has 1 aliphatic carbocycles. The number of carboxylic acid groups (broad SMARTS) is 1. The molecule has 1 aliphatic rings. The summed E-state index contributed by atoms with van der Waals surface area (Å²) in [5.41, 5.74) is -0.283. The van der Waals surface area contributed by atoms with Crippen LogP contribution >= 0.6 is 0 Å². The van der Waals surface area contributed by atoms with Crippen molar-refractivity contribution in [1.82, 2.24) is 10.6 Å². The normalized spacial score (nSPS) is 21.3. The Morgan fingerprint density at radius 3 is 2.36 bits per heavy atom. The number of hydrogen-bond acceptors (Lipinski definition) is 5. The predicted octanol–water partition coefficient (Wildman–Crippen LogP) is 1.94. The SMILES string of the molecule is COc1ccc(CC(C)(O)CNC(=O)NC2CCC(C(=O)O)CC2)cc1OC. The van der Waals surface area contributed by atoms with E-state index < -0.39 is 11.6 Å². The molecular weight excluding hydrogens is 364 g/mol. The molecule has 8 nitrogen and oxygen atoms in total. The van der Waals surface area contributed by atoms with Gasteiger partial charge in [-0.25, -0.2) is 4.79 Å². The first-order valence-electron chi connectivity index (χ1n) is 9.44. The van der Waals surface area contributed by atoms with Gasteiger partial charge in [0.25, 0.3) is 0 Å². The van der Waals surface area contributed by atoms with E-state index in [0.29, 0.717) is 43.6 Å². The Labute approximate surface area is 165 Å². The number of benzene rings is 1. The van der Waals surface area contributed by atoms with Gasteiger partial charge in [0.05, 0.1) is 25.7 Å². The summed E-state index contributed by atoms with van der Waals surface area (Å²) in [6, 6.07) is 5.03. The van der Waals surface area contributed by atoms with Crippen LogP contribution in [0, 0.1) is 5.92 Å². The molecule has 0 radical (unpaired) electrons. The first-order valence-corrected chi connectivity index (χ1v) is 9.44. The van der Waals surface area contributed by atoms with Gasteiger partial charge < -0.3 is 30.3 Å². The van der Waals surface area contributed by atoms with Crippen LogP contribution in [0.2, 0.25) is 0 Å². The summed E-state index contributed by atoms with van der Waals surface area (Å²) in [5, 5.41) is 25.2. The molecule has 2 rings (SSSR count). The van der Waals surface area contributed by atoms with Crippen molar-refractivity contribution in [2.45, 2.75) is 50.7 Å². The van der Waals surface area contributed by atoms with Crippen LogP contribution < -0.4 is 20.1 Å². The number of aliphatic carboxylic acids is 1. The Hall–Kier alpha value is -2.48. The van der Waals surface area contributed by atoms with Gasteiger partial charge in [-0.05, 0) is 50.3 Å². The van der Waals surface area contributed by atoms with Gasteiger partial charge in [-0.3, -0.25) is 4.79 Å². The molecular formula is C20H30N2O6. The minimum atomic E-state index is -1.14. The third-order valence-corrected chi connectivity index (χ3v) is 5.07. The monoisotopic (exact) mass is 394 g/mol. The van der Waals surface area contributed by atoms with Crippen LogP contribution in [0.4, 0.5) is 4.79 Å². The Morgan fingerprint density at radius 2 is 1.79 bits per heavy atom. The number of methoxy groups -OCH3 is 2. The van der Waals surface area contributed by atoms with Crippen molar-refractivity contribution in [2.24, 2.45) is 5.92 Å². The van der Waals surface area contributed by atoms with Crippen molar-refractivity contribution in [3.8, 4) is 11.5 Å². The standard InChI is InChI=1S/C20H30N2O6/c1-20(26,11-13-4-9-16(27-2)17(10-13)28-3)12-21-19(25)22-15-7-5-14(6-8-15)18(23)24/h4,9-10,14-15,26H,5-8,11-12H2,1-3H3,(H,23,24)(H2,21,22,25). The second-order valence-electron chi connectivity index (χ2n) is 7.58. The molecule has 0 aromatic heterocycles. The molecule has 1 fully saturated rings. The van der Waals surface area contributed by atoms with Crippen LogP contribution in [-0.2, 0) is 11.2 Å². The highest BCUT2D eigenvalue weighted by atomic mass is 16.5. The lowest BCUT2D eigenvalue weighted by Crippen LogP contribution is -2.49. The molecule has 1 aromatic carbocycles. The average molecular weight is 394 g/mol. The highest BCUT2D eigenvalue weighted by Crippen LogP contribution is 2.29. The lowest BCUT2D eigenvalue weighted by atomic mass is 9.86. The van der Waals surface area contributed by atoms with Crippen molar-refractivity contribution in [1.29, 1.82) is 0 Å². The van der Waals surface area contributed by atoms with E-state index in [9.17, 15) is 14.7 Å². The van der Waals surface area contributed by atoms with Crippen LogP contribution in [0.1, 0.15) is 38.2 Å². The first kappa shape index (κ1) is 21.8. The second-order valence-corrected chi connectivity index (χ2v) is 7.58. The van der Waals surface area contributed by atoms with Crippen LogP contribution in [0.5, 0.6) is 11.5 Å². The molecule has 2 amide bonds. The van der Waals surface area contributed by atoms with Gasteiger partial charge in [-0.2, -0.15) is 0 Å². The molecule has 4 N–H and O–H groups in total. The fourth-order valence-corrected chi connectivity index (χ4v) is 3.48. The smallest absolute Gasteiger partial charge is 0.315 e.